The van der Waals surface area contributed by atoms with E-state index in [1.54, 1.807) is 12.1 Å². The summed E-state index contributed by atoms with van der Waals surface area (Å²) < 4.78 is 36.1. The van der Waals surface area contributed by atoms with Gasteiger partial charge in [-0.15, -0.1) is 0 Å². The van der Waals surface area contributed by atoms with Gasteiger partial charge in [-0.1, -0.05) is 115 Å². The van der Waals surface area contributed by atoms with Crippen LogP contribution in [0.25, 0.3) is 10.8 Å². The Morgan fingerprint density at radius 1 is 0.676 bits per heavy atom. The number of unbranched alkanes of at least 4 members (excludes halogenated alkanes) is 12. The number of hydrogen-bond acceptors (Lipinski definition) is 4. The second kappa shape index (κ2) is 19.3. The molecule has 0 aromatic heterocycles. The predicted molar refractivity (Wildman–Crippen MR) is 143 cm³/mol. The first-order valence-electron chi connectivity index (χ1n) is 13.0. The number of benzene rings is 2. The number of fused-ring (bicyclic) bond motifs is 1. The van der Waals surface area contributed by atoms with E-state index in [1.807, 2.05) is 6.07 Å². The van der Waals surface area contributed by atoms with E-state index >= 15 is 0 Å². The van der Waals surface area contributed by atoms with Crippen LogP contribution < -0.4 is 0 Å². The van der Waals surface area contributed by atoms with Crippen LogP contribution in [0, 0.1) is 0 Å². The molecular formula is C28H44BaO4S. The van der Waals surface area contributed by atoms with Gasteiger partial charge in [-0.25, -0.2) is 8.42 Å². The molecule has 6 heteroatoms. The fraction of sp³-hybridized carbons (Fsp3) is 0.643. The van der Waals surface area contributed by atoms with Gasteiger partial charge in [-0.3, -0.25) is 0 Å². The van der Waals surface area contributed by atoms with Crippen LogP contribution in [0.4, 0.5) is 0 Å². The van der Waals surface area contributed by atoms with Gasteiger partial charge in [0.1, 0.15) is 10.1 Å². The Kier molecular flexibility index (Phi) is 19.4. The van der Waals surface area contributed by atoms with E-state index in [9.17, 15) is 13.0 Å². The fourth-order valence-electron chi connectivity index (χ4n) is 4.60. The Hall–Kier alpha value is 0.141. The first-order chi connectivity index (χ1) is 15.5. The van der Waals surface area contributed by atoms with Crippen molar-refractivity contribution in [1.82, 2.24) is 0 Å². The molecule has 0 saturated carbocycles. The van der Waals surface area contributed by atoms with Crippen LogP contribution in [0.2, 0.25) is 0 Å². The van der Waals surface area contributed by atoms with Crippen molar-refractivity contribution in [2.24, 2.45) is 0 Å². The van der Waals surface area contributed by atoms with Gasteiger partial charge in [0, 0.05) is 0 Å². The molecule has 0 heterocycles. The molecule has 1 N–H and O–H groups in total. The van der Waals surface area contributed by atoms with Crippen molar-refractivity contribution in [2.45, 2.75) is 121 Å². The van der Waals surface area contributed by atoms with Crippen LogP contribution in [-0.4, -0.2) is 67.3 Å². The van der Waals surface area contributed by atoms with Crippen molar-refractivity contribution < 1.29 is 18.4 Å². The quantitative estimate of drug-likeness (QED) is 0.104. The van der Waals surface area contributed by atoms with Crippen LogP contribution in [0.5, 0.6) is 0 Å². The molecule has 2 aromatic carbocycles. The van der Waals surface area contributed by atoms with Gasteiger partial charge >= 0.3 is 48.9 Å². The van der Waals surface area contributed by atoms with Crippen molar-refractivity contribution in [3.8, 4) is 0 Å². The minimum Gasteiger partial charge on any atom is -0.870 e. The minimum absolute atomic E-state index is 0. The van der Waals surface area contributed by atoms with Gasteiger partial charge in [0.15, 0.2) is 0 Å². The Balaban J connectivity index is 0.00000544. The second-order valence-corrected chi connectivity index (χ2v) is 10.7. The Morgan fingerprint density at radius 3 is 1.71 bits per heavy atom. The summed E-state index contributed by atoms with van der Waals surface area (Å²) in [6.07, 6.45) is 19.1. The van der Waals surface area contributed by atoms with Crippen LogP contribution in [0.15, 0.2) is 35.2 Å². The molecule has 0 aliphatic carbocycles. The molecule has 0 unspecified atom stereocenters. The van der Waals surface area contributed by atoms with Crippen molar-refractivity contribution in [3.05, 3.63) is 41.5 Å². The van der Waals surface area contributed by atoms with Crippen LogP contribution in [0.3, 0.4) is 0 Å². The topological polar surface area (TPSA) is 87.2 Å². The second-order valence-electron chi connectivity index (χ2n) is 9.30. The van der Waals surface area contributed by atoms with Crippen molar-refractivity contribution in [3.63, 3.8) is 0 Å². The summed E-state index contributed by atoms with van der Waals surface area (Å²) in [5.74, 6) is 0. The summed E-state index contributed by atoms with van der Waals surface area (Å²) in [4.78, 5) is -0.0469. The monoisotopic (exact) mass is 614 g/mol. The standard InChI is InChI=1S/C28H44O3S.Ba.H2O/c1-3-5-7-9-11-13-15-18-24-22-27-25(19-16-14-12-10-8-6-4-2)20-17-21-26(27)28(23-24)32(29,30)31;;/h17,20-23H,3-16,18-19H2,1-2H3,(H,29,30,31);;1H2/q;+2;/p-2. The van der Waals surface area contributed by atoms with Gasteiger partial charge in [0.05, 0.1) is 4.90 Å². The predicted octanol–water partition coefficient (Wildman–Crippen LogP) is 7.77. The van der Waals surface area contributed by atoms with Crippen LogP contribution in [0.1, 0.15) is 115 Å². The Bertz CT molecular complexity index is 912. The van der Waals surface area contributed by atoms with E-state index < -0.39 is 10.1 Å². The van der Waals surface area contributed by atoms with E-state index in [-0.39, 0.29) is 59.3 Å². The van der Waals surface area contributed by atoms with Gasteiger partial charge in [0.2, 0.25) is 0 Å². The molecule has 0 amide bonds. The fourth-order valence-corrected chi connectivity index (χ4v) is 5.34. The summed E-state index contributed by atoms with van der Waals surface area (Å²) in [5.41, 5.74) is 2.15. The molecule has 0 aliphatic heterocycles. The smallest absolute Gasteiger partial charge is 0.870 e. The summed E-state index contributed by atoms with van der Waals surface area (Å²) in [6.45, 7) is 4.46. The maximum atomic E-state index is 12.0. The van der Waals surface area contributed by atoms with Crippen molar-refractivity contribution in [1.29, 1.82) is 0 Å². The van der Waals surface area contributed by atoms with Crippen molar-refractivity contribution in [2.75, 3.05) is 0 Å². The molecule has 0 aliphatic rings. The molecule has 4 nitrogen and oxygen atoms in total. The largest absolute Gasteiger partial charge is 2.00 e. The number of aryl methyl sites for hydroxylation is 2. The number of rotatable bonds is 17. The van der Waals surface area contributed by atoms with Gasteiger partial charge in [-0.05, 0) is 53.6 Å². The Labute approximate surface area is 248 Å². The van der Waals surface area contributed by atoms with E-state index in [1.165, 1.54) is 76.2 Å². The first kappa shape index (κ1) is 34.1. The normalized spacial score (nSPS) is 11.3. The number of hydrogen-bond donors (Lipinski definition) is 0. The summed E-state index contributed by atoms with van der Waals surface area (Å²) >= 11 is 0. The Morgan fingerprint density at radius 2 is 1.18 bits per heavy atom. The van der Waals surface area contributed by atoms with E-state index in [0.717, 1.165) is 43.1 Å². The van der Waals surface area contributed by atoms with Crippen molar-refractivity contribution >= 4 is 69.8 Å². The van der Waals surface area contributed by atoms with Gasteiger partial charge < -0.3 is 10.0 Å². The molecule has 0 saturated heterocycles. The molecule has 0 spiro atoms. The maximum absolute atomic E-state index is 12.0. The molecule has 0 fully saturated rings. The van der Waals surface area contributed by atoms with Crippen LogP contribution >= 0.6 is 0 Å². The molecule has 2 aromatic rings. The molecule has 0 radical (unpaired) electrons. The molecule has 0 atom stereocenters. The SMILES string of the molecule is CCCCCCCCCc1cc(S(=O)(=O)[O-])c2cccc(CCCCCCCCC)c2c1.[Ba+2].[OH-]. The molecule has 188 valence electrons. The third-order valence-electron chi connectivity index (χ3n) is 6.50. The summed E-state index contributed by atoms with van der Waals surface area (Å²) in [7, 11) is -4.50. The summed E-state index contributed by atoms with van der Waals surface area (Å²) in [5, 5.41) is 1.54. The van der Waals surface area contributed by atoms with E-state index in [4.69, 9.17) is 0 Å². The zero-order chi connectivity index (χ0) is 23.2. The minimum atomic E-state index is -4.50. The van der Waals surface area contributed by atoms with Crippen LogP contribution in [-0.2, 0) is 23.0 Å². The average molecular weight is 614 g/mol. The average Bonchev–Trinajstić information content (AvgIpc) is 2.77. The molecule has 2 rings (SSSR count). The van der Waals surface area contributed by atoms with E-state index in [0.29, 0.717) is 5.39 Å². The maximum Gasteiger partial charge on any atom is 2.00 e. The first-order valence-corrected chi connectivity index (χ1v) is 14.4. The molecule has 0 bridgehead atoms. The molecule has 34 heavy (non-hydrogen) atoms. The zero-order valence-electron chi connectivity index (χ0n) is 21.5. The zero-order valence-corrected chi connectivity index (χ0v) is 26.7. The third-order valence-corrected chi connectivity index (χ3v) is 7.37. The summed E-state index contributed by atoms with van der Waals surface area (Å²) in [6, 6.07) is 9.53. The van der Waals surface area contributed by atoms with E-state index in [2.05, 4.69) is 26.0 Å². The molecular weight excluding hydrogens is 570 g/mol. The third kappa shape index (κ3) is 12.4. The van der Waals surface area contributed by atoms with Gasteiger partial charge in [0.25, 0.3) is 0 Å². The van der Waals surface area contributed by atoms with Gasteiger partial charge in [-0.2, -0.15) is 0 Å².